The van der Waals surface area contributed by atoms with Crippen molar-refractivity contribution in [3.8, 4) is 5.69 Å². The fourth-order valence-electron chi connectivity index (χ4n) is 2.28. The molecule has 0 amide bonds. The molecule has 1 heterocycles. The Morgan fingerprint density at radius 2 is 1.76 bits per heavy atom. The van der Waals surface area contributed by atoms with Crippen molar-refractivity contribution >= 4 is 45.8 Å². The molecule has 0 aliphatic rings. The van der Waals surface area contributed by atoms with E-state index in [0.29, 0.717) is 39.4 Å². The van der Waals surface area contributed by atoms with Crippen LogP contribution in [-0.4, -0.2) is 15.4 Å². The highest BCUT2D eigenvalue weighted by Gasteiger charge is 2.15. The molecule has 0 N–H and O–H groups in total. The third-order valence-corrected chi connectivity index (χ3v) is 3.81. The predicted molar refractivity (Wildman–Crippen MR) is 85.5 cm³/mol. The number of hydrogen-bond donors (Lipinski definition) is 0. The van der Waals surface area contributed by atoms with Crippen molar-refractivity contribution in [3.05, 3.63) is 58.1 Å². The summed E-state index contributed by atoms with van der Waals surface area (Å²) in [6, 6.07) is 9.72. The van der Waals surface area contributed by atoms with Gasteiger partial charge in [0, 0.05) is 22.3 Å². The first-order valence-electron chi connectivity index (χ1n) is 6.28. The molecular weight excluding hydrogens is 334 g/mol. The standard InChI is InChI=1S/C15H10Cl3FN2/c16-6-5-15-20-12-7-9(17)2-4-13(12)21(15)14-8-10(18)1-3-11(14)19/h1-4,7-8H,5-6H2. The summed E-state index contributed by atoms with van der Waals surface area (Å²) in [4.78, 5) is 4.49. The minimum Gasteiger partial charge on any atom is -0.293 e. The summed E-state index contributed by atoms with van der Waals surface area (Å²) >= 11 is 17.8. The van der Waals surface area contributed by atoms with Crippen LogP contribution in [0.15, 0.2) is 36.4 Å². The predicted octanol–water partition coefficient (Wildman–Crippen LogP) is 5.25. The van der Waals surface area contributed by atoms with E-state index in [2.05, 4.69) is 4.98 Å². The van der Waals surface area contributed by atoms with E-state index in [-0.39, 0.29) is 5.82 Å². The number of aromatic nitrogens is 2. The van der Waals surface area contributed by atoms with E-state index in [1.165, 1.54) is 12.1 Å². The molecule has 0 radical (unpaired) electrons. The number of nitrogens with zero attached hydrogens (tertiary/aromatic N) is 2. The minimum absolute atomic E-state index is 0.354. The Bertz CT molecular complexity index is 814. The van der Waals surface area contributed by atoms with Crippen LogP contribution < -0.4 is 0 Å². The first-order valence-corrected chi connectivity index (χ1v) is 7.57. The van der Waals surface area contributed by atoms with Gasteiger partial charge in [0.2, 0.25) is 0 Å². The van der Waals surface area contributed by atoms with Gasteiger partial charge in [-0.2, -0.15) is 0 Å². The second-order valence-corrected chi connectivity index (χ2v) is 5.78. The molecule has 3 aromatic rings. The first-order chi connectivity index (χ1) is 10.1. The molecule has 108 valence electrons. The van der Waals surface area contributed by atoms with E-state index in [9.17, 15) is 4.39 Å². The number of hydrogen-bond acceptors (Lipinski definition) is 1. The average molecular weight is 344 g/mol. The van der Waals surface area contributed by atoms with E-state index in [1.807, 2.05) is 6.07 Å². The maximum absolute atomic E-state index is 14.2. The lowest BCUT2D eigenvalue weighted by Crippen LogP contribution is -2.04. The zero-order chi connectivity index (χ0) is 15.0. The summed E-state index contributed by atoms with van der Waals surface area (Å²) in [5.74, 6) is 0.687. The highest BCUT2D eigenvalue weighted by atomic mass is 35.5. The Morgan fingerprint density at radius 1 is 1.05 bits per heavy atom. The van der Waals surface area contributed by atoms with Crippen LogP contribution in [0, 0.1) is 5.82 Å². The zero-order valence-electron chi connectivity index (χ0n) is 10.8. The van der Waals surface area contributed by atoms with Crippen molar-refractivity contribution in [3.63, 3.8) is 0 Å². The number of halogens is 4. The smallest absolute Gasteiger partial charge is 0.147 e. The van der Waals surface area contributed by atoms with Gasteiger partial charge in [0.25, 0.3) is 0 Å². The van der Waals surface area contributed by atoms with Crippen LogP contribution >= 0.6 is 34.8 Å². The van der Waals surface area contributed by atoms with Gasteiger partial charge in [-0.05, 0) is 36.4 Å². The molecular formula is C15H10Cl3FN2. The Hall–Kier alpha value is -1.29. The Labute approximate surface area is 136 Å². The van der Waals surface area contributed by atoms with Gasteiger partial charge in [-0.3, -0.25) is 4.57 Å². The van der Waals surface area contributed by atoms with Crippen molar-refractivity contribution in [2.45, 2.75) is 6.42 Å². The fraction of sp³-hybridized carbons (Fsp3) is 0.133. The molecule has 0 fully saturated rings. The van der Waals surface area contributed by atoms with Crippen molar-refractivity contribution < 1.29 is 4.39 Å². The summed E-state index contributed by atoms with van der Waals surface area (Å²) in [7, 11) is 0. The van der Waals surface area contributed by atoms with Crippen LogP contribution in [0.3, 0.4) is 0 Å². The van der Waals surface area contributed by atoms with Crippen LogP contribution in [0.25, 0.3) is 16.7 Å². The van der Waals surface area contributed by atoms with Gasteiger partial charge in [-0.25, -0.2) is 9.37 Å². The number of alkyl halides is 1. The quantitative estimate of drug-likeness (QED) is 0.594. The van der Waals surface area contributed by atoms with Gasteiger partial charge in [0.1, 0.15) is 11.6 Å². The molecule has 0 spiro atoms. The second kappa shape index (κ2) is 5.84. The Morgan fingerprint density at radius 3 is 2.52 bits per heavy atom. The van der Waals surface area contributed by atoms with E-state index < -0.39 is 0 Å². The average Bonchev–Trinajstić information content (AvgIpc) is 2.79. The molecule has 2 aromatic carbocycles. The van der Waals surface area contributed by atoms with Gasteiger partial charge < -0.3 is 0 Å². The third-order valence-electron chi connectivity index (χ3n) is 3.15. The molecule has 0 saturated heterocycles. The summed E-state index contributed by atoms with van der Waals surface area (Å²) < 4.78 is 15.9. The molecule has 2 nitrogen and oxygen atoms in total. The normalized spacial score (nSPS) is 11.2. The highest BCUT2D eigenvalue weighted by molar-refractivity contribution is 6.31. The Kier molecular flexibility index (Phi) is 4.07. The van der Waals surface area contributed by atoms with Crippen molar-refractivity contribution in [2.24, 2.45) is 0 Å². The van der Waals surface area contributed by atoms with E-state index in [4.69, 9.17) is 34.8 Å². The summed E-state index contributed by atoms with van der Waals surface area (Å²) in [6.07, 6.45) is 0.514. The topological polar surface area (TPSA) is 17.8 Å². The number of fused-ring (bicyclic) bond motifs is 1. The number of rotatable bonds is 3. The van der Waals surface area contributed by atoms with Crippen LogP contribution in [0.2, 0.25) is 10.0 Å². The maximum atomic E-state index is 14.2. The van der Waals surface area contributed by atoms with Crippen LogP contribution in [0.5, 0.6) is 0 Å². The summed E-state index contributed by atoms with van der Waals surface area (Å²) in [5, 5.41) is 1.04. The van der Waals surface area contributed by atoms with Crippen LogP contribution in [0.4, 0.5) is 4.39 Å². The zero-order valence-corrected chi connectivity index (χ0v) is 13.1. The lowest BCUT2D eigenvalue weighted by Gasteiger charge is -2.10. The molecule has 0 aliphatic heterocycles. The Balaban J connectivity index is 2.33. The van der Waals surface area contributed by atoms with Crippen molar-refractivity contribution in [1.29, 1.82) is 0 Å². The molecule has 21 heavy (non-hydrogen) atoms. The van der Waals surface area contributed by atoms with Gasteiger partial charge in [-0.1, -0.05) is 23.2 Å². The second-order valence-electron chi connectivity index (χ2n) is 4.53. The lowest BCUT2D eigenvalue weighted by molar-refractivity contribution is 0.617. The molecule has 0 saturated carbocycles. The van der Waals surface area contributed by atoms with E-state index in [0.717, 1.165) is 5.52 Å². The van der Waals surface area contributed by atoms with Gasteiger partial charge in [-0.15, -0.1) is 11.6 Å². The molecule has 0 unspecified atom stereocenters. The third kappa shape index (κ3) is 2.73. The van der Waals surface area contributed by atoms with E-state index >= 15 is 0 Å². The van der Waals surface area contributed by atoms with Gasteiger partial charge in [0.15, 0.2) is 0 Å². The van der Waals surface area contributed by atoms with Crippen LogP contribution in [-0.2, 0) is 6.42 Å². The molecule has 0 atom stereocenters. The van der Waals surface area contributed by atoms with Gasteiger partial charge in [0.05, 0.1) is 16.7 Å². The number of imidazole rings is 1. The summed E-state index contributed by atoms with van der Waals surface area (Å²) in [5.41, 5.74) is 1.81. The number of aryl methyl sites for hydroxylation is 1. The molecule has 0 aliphatic carbocycles. The largest absolute Gasteiger partial charge is 0.293 e. The SMILES string of the molecule is Fc1ccc(Cl)cc1-n1c(CCCl)nc2cc(Cl)ccc21. The fourth-order valence-corrected chi connectivity index (χ4v) is 2.78. The lowest BCUT2D eigenvalue weighted by atomic mass is 10.2. The summed E-state index contributed by atoms with van der Waals surface area (Å²) in [6.45, 7) is 0. The molecule has 1 aromatic heterocycles. The number of benzene rings is 2. The minimum atomic E-state index is -0.371. The molecule has 3 rings (SSSR count). The monoisotopic (exact) mass is 342 g/mol. The van der Waals surface area contributed by atoms with Crippen molar-refractivity contribution in [2.75, 3.05) is 5.88 Å². The van der Waals surface area contributed by atoms with Crippen LogP contribution in [0.1, 0.15) is 5.82 Å². The highest BCUT2D eigenvalue weighted by Crippen LogP contribution is 2.27. The van der Waals surface area contributed by atoms with Gasteiger partial charge >= 0.3 is 0 Å². The first kappa shape index (κ1) is 14.6. The van der Waals surface area contributed by atoms with Crippen molar-refractivity contribution in [1.82, 2.24) is 9.55 Å². The van der Waals surface area contributed by atoms with E-state index in [1.54, 1.807) is 22.8 Å². The molecule has 6 heteroatoms. The molecule has 0 bridgehead atoms. The maximum Gasteiger partial charge on any atom is 0.147 e.